The fourth-order valence-electron chi connectivity index (χ4n) is 2.61. The molecule has 0 radical (unpaired) electrons. The molecule has 1 aliphatic rings. The van der Waals surface area contributed by atoms with Crippen LogP contribution in [-0.4, -0.2) is 37.6 Å². The summed E-state index contributed by atoms with van der Waals surface area (Å²) < 4.78 is 0. The van der Waals surface area contributed by atoms with Gasteiger partial charge in [-0.25, -0.2) is 0 Å². The molecule has 100 valence electrons. The summed E-state index contributed by atoms with van der Waals surface area (Å²) in [5.74, 6) is 0. The Kier molecular flexibility index (Phi) is 6.24. The van der Waals surface area contributed by atoms with Crippen LogP contribution in [0.15, 0.2) is 30.3 Å². The summed E-state index contributed by atoms with van der Waals surface area (Å²) in [7, 11) is 0. The van der Waals surface area contributed by atoms with Crippen molar-refractivity contribution in [1.29, 1.82) is 0 Å². The van der Waals surface area contributed by atoms with Gasteiger partial charge in [0.05, 0.1) is 0 Å². The second-order valence-corrected chi connectivity index (χ2v) is 5.24. The Morgan fingerprint density at radius 3 is 2.50 bits per heavy atom. The Labute approximate surface area is 111 Å². The molecule has 1 saturated heterocycles. The third kappa shape index (κ3) is 5.19. The van der Waals surface area contributed by atoms with Crippen LogP contribution < -0.4 is 5.32 Å². The topological polar surface area (TPSA) is 15.3 Å². The highest BCUT2D eigenvalue weighted by Gasteiger charge is 2.08. The van der Waals surface area contributed by atoms with E-state index in [0.717, 1.165) is 19.5 Å². The molecule has 0 unspecified atom stereocenters. The average molecular weight is 246 g/mol. The molecule has 0 saturated carbocycles. The zero-order valence-electron chi connectivity index (χ0n) is 11.4. The van der Waals surface area contributed by atoms with Gasteiger partial charge in [-0.2, -0.15) is 0 Å². The van der Waals surface area contributed by atoms with Gasteiger partial charge in [0.2, 0.25) is 0 Å². The molecule has 0 amide bonds. The lowest BCUT2D eigenvalue weighted by Gasteiger charge is -2.26. The van der Waals surface area contributed by atoms with Crippen LogP contribution >= 0.6 is 0 Å². The molecule has 2 nitrogen and oxygen atoms in total. The van der Waals surface area contributed by atoms with Gasteiger partial charge in [-0.1, -0.05) is 36.8 Å². The van der Waals surface area contributed by atoms with Gasteiger partial charge in [-0.05, 0) is 64.0 Å². The molecular formula is C16H26N2. The summed E-state index contributed by atoms with van der Waals surface area (Å²) in [6, 6.07) is 10.7. The summed E-state index contributed by atoms with van der Waals surface area (Å²) in [5.41, 5.74) is 1.43. The second-order valence-electron chi connectivity index (χ2n) is 5.24. The van der Waals surface area contributed by atoms with Gasteiger partial charge in [0, 0.05) is 0 Å². The summed E-state index contributed by atoms with van der Waals surface area (Å²) in [6.07, 6.45) is 6.67. The normalized spacial score (nSPS) is 16.9. The van der Waals surface area contributed by atoms with Crippen LogP contribution in [0.5, 0.6) is 0 Å². The Morgan fingerprint density at radius 1 is 0.944 bits per heavy atom. The van der Waals surface area contributed by atoms with E-state index in [1.807, 2.05) is 0 Å². The van der Waals surface area contributed by atoms with Crippen molar-refractivity contribution >= 4 is 0 Å². The van der Waals surface area contributed by atoms with E-state index < -0.39 is 0 Å². The number of likely N-dealkylation sites (tertiary alicyclic amines) is 1. The standard InChI is InChI=1S/C16H26N2/c1-3-8-16(9-4-1)10-12-17-11-7-15-18-13-5-2-6-14-18/h1,3-4,8-9,17H,2,5-7,10-15H2. The highest BCUT2D eigenvalue weighted by atomic mass is 15.1. The van der Waals surface area contributed by atoms with Crippen molar-refractivity contribution in [2.75, 3.05) is 32.7 Å². The molecule has 1 aliphatic heterocycles. The van der Waals surface area contributed by atoms with Crippen LogP contribution in [0.4, 0.5) is 0 Å². The van der Waals surface area contributed by atoms with Gasteiger partial charge in [-0.15, -0.1) is 0 Å². The molecule has 1 heterocycles. The maximum Gasteiger partial charge on any atom is -0.000664 e. The number of hydrogen-bond acceptors (Lipinski definition) is 2. The molecule has 1 aromatic rings. The number of benzene rings is 1. The van der Waals surface area contributed by atoms with Gasteiger partial charge >= 0.3 is 0 Å². The quantitative estimate of drug-likeness (QED) is 0.744. The molecule has 0 aliphatic carbocycles. The van der Waals surface area contributed by atoms with Crippen molar-refractivity contribution in [3.05, 3.63) is 35.9 Å². The largest absolute Gasteiger partial charge is 0.316 e. The van der Waals surface area contributed by atoms with Crippen molar-refractivity contribution in [2.24, 2.45) is 0 Å². The van der Waals surface area contributed by atoms with Crippen molar-refractivity contribution in [3.63, 3.8) is 0 Å². The molecule has 0 spiro atoms. The van der Waals surface area contributed by atoms with E-state index in [9.17, 15) is 0 Å². The Balaban J connectivity index is 1.46. The SMILES string of the molecule is c1ccc(CCNCCCN2CCCCC2)cc1. The van der Waals surface area contributed by atoms with E-state index in [1.54, 1.807) is 0 Å². The first-order valence-electron chi connectivity index (χ1n) is 7.42. The maximum atomic E-state index is 3.55. The lowest BCUT2D eigenvalue weighted by molar-refractivity contribution is 0.226. The first-order valence-corrected chi connectivity index (χ1v) is 7.42. The van der Waals surface area contributed by atoms with Crippen LogP contribution in [0.3, 0.4) is 0 Å². The van der Waals surface area contributed by atoms with Crippen LogP contribution in [0.2, 0.25) is 0 Å². The van der Waals surface area contributed by atoms with E-state index in [0.29, 0.717) is 0 Å². The van der Waals surface area contributed by atoms with Gasteiger partial charge in [-0.3, -0.25) is 0 Å². The summed E-state index contributed by atoms with van der Waals surface area (Å²) >= 11 is 0. The second kappa shape index (κ2) is 8.28. The minimum atomic E-state index is 1.10. The first kappa shape index (κ1) is 13.6. The fourth-order valence-corrected chi connectivity index (χ4v) is 2.61. The lowest BCUT2D eigenvalue weighted by atomic mass is 10.1. The molecule has 0 atom stereocenters. The highest BCUT2D eigenvalue weighted by molar-refractivity contribution is 5.14. The van der Waals surface area contributed by atoms with Crippen LogP contribution in [0.1, 0.15) is 31.2 Å². The Bertz CT molecular complexity index is 304. The number of piperidine rings is 1. The summed E-state index contributed by atoms with van der Waals surface area (Å²) in [4.78, 5) is 2.61. The lowest BCUT2D eigenvalue weighted by Crippen LogP contribution is -2.32. The van der Waals surface area contributed by atoms with Crippen LogP contribution in [0.25, 0.3) is 0 Å². The van der Waals surface area contributed by atoms with E-state index in [-0.39, 0.29) is 0 Å². The number of hydrogen-bond donors (Lipinski definition) is 1. The maximum absolute atomic E-state index is 3.55. The van der Waals surface area contributed by atoms with Gasteiger partial charge in [0.15, 0.2) is 0 Å². The van der Waals surface area contributed by atoms with Crippen molar-refractivity contribution in [3.8, 4) is 0 Å². The van der Waals surface area contributed by atoms with E-state index in [1.165, 1.54) is 50.9 Å². The Morgan fingerprint density at radius 2 is 1.72 bits per heavy atom. The van der Waals surface area contributed by atoms with E-state index >= 15 is 0 Å². The minimum absolute atomic E-state index is 1.10. The van der Waals surface area contributed by atoms with Crippen LogP contribution in [-0.2, 0) is 6.42 Å². The van der Waals surface area contributed by atoms with E-state index in [2.05, 4.69) is 40.5 Å². The minimum Gasteiger partial charge on any atom is -0.316 e. The molecule has 1 N–H and O–H groups in total. The number of nitrogens with zero attached hydrogens (tertiary/aromatic N) is 1. The average Bonchev–Trinajstić information content (AvgIpc) is 2.45. The van der Waals surface area contributed by atoms with Gasteiger partial charge in [0.1, 0.15) is 0 Å². The smallest absolute Gasteiger partial charge is 0.000664 e. The summed E-state index contributed by atoms with van der Waals surface area (Å²) in [6.45, 7) is 6.18. The zero-order chi connectivity index (χ0) is 12.5. The first-order chi connectivity index (χ1) is 8.95. The van der Waals surface area contributed by atoms with Crippen molar-refractivity contribution in [2.45, 2.75) is 32.1 Å². The third-order valence-electron chi connectivity index (χ3n) is 3.71. The Hall–Kier alpha value is -0.860. The molecule has 2 rings (SSSR count). The fraction of sp³-hybridized carbons (Fsp3) is 0.625. The third-order valence-corrected chi connectivity index (χ3v) is 3.71. The molecule has 18 heavy (non-hydrogen) atoms. The van der Waals surface area contributed by atoms with Crippen molar-refractivity contribution in [1.82, 2.24) is 10.2 Å². The monoisotopic (exact) mass is 246 g/mol. The molecule has 1 aromatic carbocycles. The van der Waals surface area contributed by atoms with Gasteiger partial charge in [0.25, 0.3) is 0 Å². The molecule has 2 heteroatoms. The predicted octanol–water partition coefficient (Wildman–Crippen LogP) is 2.69. The predicted molar refractivity (Wildman–Crippen MR) is 77.9 cm³/mol. The van der Waals surface area contributed by atoms with Crippen molar-refractivity contribution < 1.29 is 0 Å². The van der Waals surface area contributed by atoms with E-state index in [4.69, 9.17) is 0 Å². The van der Waals surface area contributed by atoms with Gasteiger partial charge < -0.3 is 10.2 Å². The zero-order valence-corrected chi connectivity index (χ0v) is 11.4. The number of nitrogens with one attached hydrogen (secondary N) is 1. The summed E-state index contributed by atoms with van der Waals surface area (Å²) in [5, 5.41) is 3.55. The molecule has 0 aromatic heterocycles. The number of rotatable bonds is 7. The molecule has 1 fully saturated rings. The van der Waals surface area contributed by atoms with Crippen LogP contribution in [0, 0.1) is 0 Å². The highest BCUT2D eigenvalue weighted by Crippen LogP contribution is 2.08. The molecular weight excluding hydrogens is 220 g/mol. The molecule has 0 bridgehead atoms.